The number of carbonyl (C=O) groups excluding carboxylic acids is 2. The molecule has 0 saturated carbocycles. The van der Waals surface area contributed by atoms with Crippen LogP contribution in [0, 0.1) is 12.8 Å². The van der Waals surface area contributed by atoms with Crippen LogP contribution in [0.3, 0.4) is 0 Å². The van der Waals surface area contributed by atoms with Crippen LogP contribution >= 0.6 is 0 Å². The molecule has 3 aromatic heterocycles. The van der Waals surface area contributed by atoms with E-state index in [4.69, 9.17) is 0 Å². The number of Topliss-reactive ketones (excluding diaryl/α,β-unsaturated/α-hetero) is 1. The number of piperidine rings is 1. The van der Waals surface area contributed by atoms with Crippen molar-refractivity contribution in [3.8, 4) is 0 Å². The van der Waals surface area contributed by atoms with Gasteiger partial charge in [-0.3, -0.25) is 19.1 Å². The average molecular weight is 410 g/mol. The van der Waals surface area contributed by atoms with Gasteiger partial charge >= 0.3 is 0 Å². The van der Waals surface area contributed by atoms with Gasteiger partial charge in [-0.05, 0) is 38.3 Å². The van der Waals surface area contributed by atoms with Crippen molar-refractivity contribution < 1.29 is 9.59 Å². The lowest BCUT2D eigenvalue weighted by Gasteiger charge is -2.31. The SMILES string of the molecule is Cc1ccc2c(=O)[nH]c(CCCC(=O)N3CCC(C(=O)c4cnn(C)c4)CC3)nn12. The number of rotatable bonds is 6. The van der Waals surface area contributed by atoms with E-state index < -0.39 is 0 Å². The lowest BCUT2D eigenvalue weighted by molar-refractivity contribution is -0.132. The van der Waals surface area contributed by atoms with Gasteiger partial charge in [0.05, 0.1) is 11.8 Å². The second-order valence-corrected chi connectivity index (χ2v) is 7.95. The van der Waals surface area contributed by atoms with Crippen molar-refractivity contribution in [2.45, 2.75) is 39.0 Å². The highest BCUT2D eigenvalue weighted by Crippen LogP contribution is 2.22. The highest BCUT2D eigenvalue weighted by molar-refractivity contribution is 5.97. The Hall–Kier alpha value is -3.23. The van der Waals surface area contributed by atoms with E-state index in [9.17, 15) is 14.4 Å². The average Bonchev–Trinajstić information content (AvgIpc) is 3.34. The largest absolute Gasteiger partial charge is 0.343 e. The molecule has 4 rings (SSSR count). The highest BCUT2D eigenvalue weighted by Gasteiger charge is 2.28. The van der Waals surface area contributed by atoms with Crippen molar-refractivity contribution >= 4 is 17.2 Å². The summed E-state index contributed by atoms with van der Waals surface area (Å²) in [6.07, 6.45) is 6.24. The maximum Gasteiger partial charge on any atom is 0.275 e. The molecule has 0 radical (unpaired) electrons. The summed E-state index contributed by atoms with van der Waals surface area (Å²) in [6.45, 7) is 3.09. The molecule has 30 heavy (non-hydrogen) atoms. The van der Waals surface area contributed by atoms with E-state index in [1.165, 1.54) is 0 Å². The Morgan fingerprint density at radius 1 is 1.23 bits per heavy atom. The number of aromatic amines is 1. The quantitative estimate of drug-likeness (QED) is 0.620. The number of fused-ring (bicyclic) bond motifs is 1. The summed E-state index contributed by atoms with van der Waals surface area (Å²) in [5.41, 5.74) is 1.90. The molecule has 1 saturated heterocycles. The zero-order valence-electron chi connectivity index (χ0n) is 17.3. The minimum Gasteiger partial charge on any atom is -0.343 e. The molecule has 0 atom stereocenters. The third-order valence-electron chi connectivity index (χ3n) is 5.77. The Kier molecular flexibility index (Phi) is 5.52. The fourth-order valence-corrected chi connectivity index (χ4v) is 4.03. The summed E-state index contributed by atoms with van der Waals surface area (Å²) in [5.74, 6) is 0.730. The molecule has 1 aliphatic rings. The second kappa shape index (κ2) is 8.25. The van der Waals surface area contributed by atoms with Crippen molar-refractivity contribution in [1.29, 1.82) is 0 Å². The third kappa shape index (κ3) is 4.05. The first-order valence-corrected chi connectivity index (χ1v) is 10.3. The topological polar surface area (TPSA) is 105 Å². The predicted octanol–water partition coefficient (Wildman–Crippen LogP) is 1.51. The summed E-state index contributed by atoms with van der Waals surface area (Å²) in [5, 5.41) is 8.52. The van der Waals surface area contributed by atoms with Gasteiger partial charge in [-0.25, -0.2) is 4.52 Å². The van der Waals surface area contributed by atoms with Crippen molar-refractivity contribution in [3.05, 3.63) is 52.0 Å². The number of amides is 1. The van der Waals surface area contributed by atoms with Crippen molar-refractivity contribution in [2.75, 3.05) is 13.1 Å². The van der Waals surface area contributed by atoms with Gasteiger partial charge in [0.2, 0.25) is 5.91 Å². The van der Waals surface area contributed by atoms with Crippen LogP contribution in [0.25, 0.3) is 5.52 Å². The summed E-state index contributed by atoms with van der Waals surface area (Å²) in [7, 11) is 1.79. The number of aryl methyl sites for hydroxylation is 3. The fraction of sp³-hybridized carbons (Fsp3) is 0.476. The van der Waals surface area contributed by atoms with E-state index in [1.807, 2.05) is 17.9 Å². The van der Waals surface area contributed by atoms with Crippen molar-refractivity contribution in [3.63, 3.8) is 0 Å². The molecule has 1 amide bonds. The van der Waals surface area contributed by atoms with Gasteiger partial charge in [0.15, 0.2) is 5.78 Å². The Balaban J connectivity index is 1.27. The molecule has 3 aromatic rings. The molecule has 4 heterocycles. The first-order chi connectivity index (χ1) is 14.4. The first-order valence-electron chi connectivity index (χ1n) is 10.3. The molecule has 0 aliphatic carbocycles. The summed E-state index contributed by atoms with van der Waals surface area (Å²) in [6, 6.07) is 3.60. The number of carbonyl (C=O) groups is 2. The number of nitrogens with one attached hydrogen (secondary N) is 1. The molecule has 1 aliphatic heterocycles. The van der Waals surface area contributed by atoms with E-state index in [1.54, 1.807) is 34.7 Å². The van der Waals surface area contributed by atoms with Crippen LogP contribution in [0.4, 0.5) is 0 Å². The Morgan fingerprint density at radius 3 is 2.70 bits per heavy atom. The zero-order chi connectivity index (χ0) is 21.3. The molecule has 9 heteroatoms. The molecular weight excluding hydrogens is 384 g/mol. The normalized spacial score (nSPS) is 15.1. The Morgan fingerprint density at radius 2 is 2.00 bits per heavy atom. The van der Waals surface area contributed by atoms with E-state index >= 15 is 0 Å². The smallest absolute Gasteiger partial charge is 0.275 e. The lowest BCUT2D eigenvalue weighted by Crippen LogP contribution is -2.40. The number of hydrogen-bond donors (Lipinski definition) is 1. The van der Waals surface area contributed by atoms with Gasteiger partial charge in [-0.2, -0.15) is 10.2 Å². The summed E-state index contributed by atoms with van der Waals surface area (Å²) < 4.78 is 3.27. The maximum atomic E-state index is 12.6. The van der Waals surface area contributed by atoms with Crippen LogP contribution < -0.4 is 5.56 Å². The predicted molar refractivity (Wildman–Crippen MR) is 110 cm³/mol. The second-order valence-electron chi connectivity index (χ2n) is 7.95. The van der Waals surface area contributed by atoms with Gasteiger partial charge in [0.1, 0.15) is 11.3 Å². The van der Waals surface area contributed by atoms with Gasteiger partial charge in [-0.1, -0.05) is 0 Å². The Labute approximate surface area is 173 Å². The molecule has 9 nitrogen and oxygen atoms in total. The molecular formula is C21H26N6O3. The van der Waals surface area contributed by atoms with Crippen LogP contribution in [0.1, 0.15) is 47.6 Å². The number of aromatic nitrogens is 5. The maximum absolute atomic E-state index is 12.6. The van der Waals surface area contributed by atoms with Gasteiger partial charge in [-0.15, -0.1) is 0 Å². The molecule has 0 unspecified atom stereocenters. The standard InChI is InChI=1S/C21H26N6O3/c1-14-6-7-17-21(30)23-18(24-27(14)17)4-3-5-19(28)26-10-8-15(9-11-26)20(29)16-12-22-25(2)13-16/h6-7,12-13,15H,3-5,8-11H2,1-2H3,(H,23,24,30). The molecule has 0 spiro atoms. The van der Waals surface area contributed by atoms with E-state index in [0.29, 0.717) is 62.1 Å². The summed E-state index contributed by atoms with van der Waals surface area (Å²) >= 11 is 0. The number of likely N-dealkylation sites (tertiary alicyclic amines) is 1. The lowest BCUT2D eigenvalue weighted by atomic mass is 9.90. The van der Waals surface area contributed by atoms with Crippen molar-refractivity contribution in [1.82, 2.24) is 29.3 Å². The minimum atomic E-state index is -0.167. The van der Waals surface area contributed by atoms with Crippen LogP contribution in [0.15, 0.2) is 29.3 Å². The van der Waals surface area contributed by atoms with Crippen LogP contribution in [0.5, 0.6) is 0 Å². The molecule has 1 fully saturated rings. The molecule has 0 aromatic carbocycles. The number of hydrogen-bond acceptors (Lipinski definition) is 5. The number of ketones is 1. The van der Waals surface area contributed by atoms with Gasteiger partial charge in [0.25, 0.3) is 5.56 Å². The highest BCUT2D eigenvalue weighted by atomic mass is 16.2. The molecule has 0 bridgehead atoms. The molecule has 158 valence electrons. The van der Waals surface area contributed by atoms with E-state index in [2.05, 4.69) is 15.2 Å². The summed E-state index contributed by atoms with van der Waals surface area (Å²) in [4.78, 5) is 41.9. The minimum absolute atomic E-state index is 0.0518. The fourth-order valence-electron chi connectivity index (χ4n) is 4.03. The van der Waals surface area contributed by atoms with Crippen LogP contribution in [0.2, 0.25) is 0 Å². The molecule has 1 N–H and O–H groups in total. The van der Waals surface area contributed by atoms with Crippen molar-refractivity contribution in [2.24, 2.45) is 13.0 Å². The van der Waals surface area contributed by atoms with Gasteiger partial charge < -0.3 is 9.88 Å². The van der Waals surface area contributed by atoms with E-state index in [-0.39, 0.29) is 23.2 Å². The zero-order valence-corrected chi connectivity index (χ0v) is 17.3. The van der Waals surface area contributed by atoms with Gasteiger partial charge in [0, 0.05) is 50.8 Å². The van der Waals surface area contributed by atoms with E-state index in [0.717, 1.165) is 5.69 Å². The van der Waals surface area contributed by atoms with Crippen LogP contribution in [-0.2, 0) is 18.3 Å². The number of H-pyrrole nitrogens is 1. The monoisotopic (exact) mass is 410 g/mol. The third-order valence-corrected chi connectivity index (χ3v) is 5.77. The first kappa shape index (κ1) is 20.1. The van der Waals surface area contributed by atoms with Crippen LogP contribution in [-0.4, -0.2) is 54.1 Å². The number of nitrogens with zero attached hydrogens (tertiary/aromatic N) is 5. The Bertz CT molecular complexity index is 1130.